The fourth-order valence-electron chi connectivity index (χ4n) is 1.89. The minimum atomic E-state index is -3.75. The fraction of sp³-hybridized carbons (Fsp3) is 0.455. The second kappa shape index (κ2) is 5.32. The van der Waals surface area contributed by atoms with Gasteiger partial charge in [-0.05, 0) is 12.1 Å². The van der Waals surface area contributed by atoms with E-state index in [1.54, 1.807) is 0 Å². The van der Waals surface area contributed by atoms with Gasteiger partial charge in [0.25, 0.3) is 0 Å². The summed E-state index contributed by atoms with van der Waals surface area (Å²) in [6.45, 7) is 1.15. The lowest BCUT2D eigenvalue weighted by Gasteiger charge is -2.26. The van der Waals surface area contributed by atoms with Crippen LogP contribution in [-0.4, -0.2) is 46.1 Å². The lowest BCUT2D eigenvalue weighted by Crippen LogP contribution is -2.40. The van der Waals surface area contributed by atoms with Gasteiger partial charge in [-0.25, -0.2) is 12.8 Å². The largest absolute Gasteiger partial charge is 0.492 e. The molecule has 8 heteroatoms. The van der Waals surface area contributed by atoms with Gasteiger partial charge in [-0.2, -0.15) is 4.31 Å². The van der Waals surface area contributed by atoms with Gasteiger partial charge in [-0.3, -0.25) is 0 Å². The number of ether oxygens (including phenoxy) is 2. The number of nitrogens with two attached hydrogens (primary N) is 1. The number of benzene rings is 1. The predicted octanol–water partition coefficient (Wildman–Crippen LogP) is 0.437. The third-order valence-corrected chi connectivity index (χ3v) is 4.73. The predicted molar refractivity (Wildman–Crippen MR) is 66.9 cm³/mol. The molecule has 0 atom stereocenters. The van der Waals surface area contributed by atoms with Crippen LogP contribution in [-0.2, 0) is 14.8 Å². The first-order valence-electron chi connectivity index (χ1n) is 5.67. The van der Waals surface area contributed by atoms with Crippen LogP contribution in [0.4, 0.5) is 10.1 Å². The molecule has 1 aliphatic heterocycles. The van der Waals surface area contributed by atoms with Crippen LogP contribution in [0.5, 0.6) is 5.75 Å². The van der Waals surface area contributed by atoms with Crippen LogP contribution in [0, 0.1) is 5.82 Å². The summed E-state index contributed by atoms with van der Waals surface area (Å²) in [5.41, 5.74) is 5.54. The highest BCUT2D eigenvalue weighted by molar-refractivity contribution is 7.89. The Morgan fingerprint density at radius 1 is 1.37 bits per heavy atom. The summed E-state index contributed by atoms with van der Waals surface area (Å²) in [5, 5.41) is 0. The number of nitrogen functional groups attached to an aromatic ring is 1. The Labute approximate surface area is 111 Å². The molecule has 0 saturated carbocycles. The number of hydrogen-bond donors (Lipinski definition) is 1. The molecule has 19 heavy (non-hydrogen) atoms. The molecule has 0 radical (unpaired) electrons. The van der Waals surface area contributed by atoms with Crippen LogP contribution in [0.25, 0.3) is 0 Å². The van der Waals surface area contributed by atoms with Crippen molar-refractivity contribution in [3.05, 3.63) is 17.9 Å². The van der Waals surface area contributed by atoms with Crippen LogP contribution in [0.15, 0.2) is 17.0 Å². The van der Waals surface area contributed by atoms with E-state index in [0.29, 0.717) is 13.2 Å². The number of nitrogens with zero attached hydrogens (tertiary/aromatic N) is 1. The molecule has 0 spiro atoms. The number of hydrogen-bond acceptors (Lipinski definition) is 5. The lowest BCUT2D eigenvalue weighted by atomic mass is 10.3. The van der Waals surface area contributed by atoms with Crippen LogP contribution in [0.3, 0.4) is 0 Å². The zero-order valence-electron chi connectivity index (χ0n) is 10.4. The summed E-state index contributed by atoms with van der Waals surface area (Å²) in [5.74, 6) is -0.949. The number of methoxy groups -OCH3 is 1. The Morgan fingerprint density at radius 3 is 2.53 bits per heavy atom. The van der Waals surface area contributed by atoms with Crippen molar-refractivity contribution >= 4 is 15.7 Å². The van der Waals surface area contributed by atoms with Gasteiger partial charge in [0.05, 0.1) is 30.9 Å². The average Bonchev–Trinajstić information content (AvgIpc) is 2.39. The summed E-state index contributed by atoms with van der Waals surface area (Å²) in [4.78, 5) is -0.176. The zero-order valence-corrected chi connectivity index (χ0v) is 11.2. The molecule has 0 amide bonds. The molecule has 1 heterocycles. The maximum Gasteiger partial charge on any atom is 0.243 e. The Balaban J connectivity index is 2.40. The second-order valence-corrected chi connectivity index (χ2v) is 5.98. The van der Waals surface area contributed by atoms with Gasteiger partial charge < -0.3 is 15.2 Å². The molecule has 0 unspecified atom stereocenters. The van der Waals surface area contributed by atoms with Crippen molar-refractivity contribution in [2.24, 2.45) is 0 Å². The molecule has 1 aliphatic rings. The van der Waals surface area contributed by atoms with Crippen molar-refractivity contribution in [2.75, 3.05) is 39.1 Å². The molecular formula is C11H15FN2O4S. The minimum Gasteiger partial charge on any atom is -0.492 e. The van der Waals surface area contributed by atoms with Crippen molar-refractivity contribution in [1.29, 1.82) is 0 Å². The Kier molecular flexibility index (Phi) is 3.93. The lowest BCUT2D eigenvalue weighted by molar-refractivity contribution is 0.0730. The Morgan fingerprint density at radius 2 is 2.00 bits per heavy atom. The average molecular weight is 290 g/mol. The van der Waals surface area contributed by atoms with Crippen molar-refractivity contribution in [3.8, 4) is 5.75 Å². The van der Waals surface area contributed by atoms with Crippen LogP contribution in [0.1, 0.15) is 0 Å². The number of anilines is 1. The van der Waals surface area contributed by atoms with E-state index in [-0.39, 0.29) is 29.4 Å². The quantitative estimate of drug-likeness (QED) is 0.817. The molecule has 0 bridgehead atoms. The number of morpholine rings is 1. The highest BCUT2D eigenvalue weighted by Crippen LogP contribution is 2.30. The minimum absolute atomic E-state index is 0.0469. The smallest absolute Gasteiger partial charge is 0.243 e. The second-order valence-electron chi connectivity index (χ2n) is 4.04. The summed E-state index contributed by atoms with van der Waals surface area (Å²) < 4.78 is 49.4. The highest BCUT2D eigenvalue weighted by atomic mass is 32.2. The highest BCUT2D eigenvalue weighted by Gasteiger charge is 2.28. The number of halogens is 1. The fourth-order valence-corrected chi connectivity index (χ4v) is 3.35. The van der Waals surface area contributed by atoms with Gasteiger partial charge in [0, 0.05) is 13.1 Å². The molecule has 0 aromatic heterocycles. The first-order chi connectivity index (χ1) is 8.96. The molecular weight excluding hydrogens is 275 g/mol. The molecule has 1 saturated heterocycles. The van der Waals surface area contributed by atoms with E-state index in [9.17, 15) is 12.8 Å². The first kappa shape index (κ1) is 14.0. The zero-order chi connectivity index (χ0) is 14.0. The van der Waals surface area contributed by atoms with Gasteiger partial charge in [-0.15, -0.1) is 0 Å². The van der Waals surface area contributed by atoms with E-state index in [1.807, 2.05) is 0 Å². The van der Waals surface area contributed by atoms with E-state index in [1.165, 1.54) is 17.5 Å². The first-order valence-corrected chi connectivity index (χ1v) is 7.11. The summed E-state index contributed by atoms with van der Waals surface area (Å²) in [7, 11) is -2.49. The van der Waals surface area contributed by atoms with E-state index < -0.39 is 15.8 Å². The van der Waals surface area contributed by atoms with E-state index in [4.69, 9.17) is 15.2 Å². The van der Waals surface area contributed by atoms with E-state index in [0.717, 1.165) is 6.07 Å². The van der Waals surface area contributed by atoms with E-state index in [2.05, 4.69) is 0 Å². The van der Waals surface area contributed by atoms with Crippen LogP contribution >= 0.6 is 0 Å². The van der Waals surface area contributed by atoms with Gasteiger partial charge in [0.1, 0.15) is 0 Å². The molecule has 106 valence electrons. The Bertz CT molecular complexity index is 547. The molecule has 1 aromatic carbocycles. The van der Waals surface area contributed by atoms with Crippen molar-refractivity contribution in [1.82, 2.24) is 4.31 Å². The van der Waals surface area contributed by atoms with E-state index >= 15 is 0 Å². The molecule has 6 nitrogen and oxygen atoms in total. The SMILES string of the molecule is COc1c(N)cc(S(=O)(=O)N2CCOCC2)cc1F. The van der Waals surface area contributed by atoms with Gasteiger partial charge >= 0.3 is 0 Å². The molecule has 1 aromatic rings. The summed E-state index contributed by atoms with van der Waals surface area (Å²) in [6.07, 6.45) is 0. The summed E-state index contributed by atoms with van der Waals surface area (Å²) >= 11 is 0. The van der Waals surface area contributed by atoms with Crippen LogP contribution in [0.2, 0.25) is 0 Å². The third kappa shape index (κ3) is 2.65. The van der Waals surface area contributed by atoms with Crippen molar-refractivity contribution < 1.29 is 22.3 Å². The number of rotatable bonds is 3. The maximum absolute atomic E-state index is 13.7. The summed E-state index contributed by atoms with van der Waals surface area (Å²) in [6, 6.07) is 2.12. The Hall–Kier alpha value is -1.38. The molecule has 1 fully saturated rings. The topological polar surface area (TPSA) is 81.9 Å². The van der Waals surface area contributed by atoms with Gasteiger partial charge in [-0.1, -0.05) is 0 Å². The van der Waals surface area contributed by atoms with Gasteiger partial charge in [0.15, 0.2) is 11.6 Å². The van der Waals surface area contributed by atoms with Crippen molar-refractivity contribution in [2.45, 2.75) is 4.90 Å². The molecule has 2 N–H and O–H groups in total. The standard InChI is InChI=1S/C11H15FN2O4S/c1-17-11-9(12)6-8(7-10(11)13)19(15,16)14-2-4-18-5-3-14/h6-7H,2-5,13H2,1H3. The normalized spacial score (nSPS) is 17.4. The van der Waals surface area contributed by atoms with Crippen molar-refractivity contribution in [3.63, 3.8) is 0 Å². The third-order valence-electron chi connectivity index (χ3n) is 2.86. The number of sulfonamides is 1. The molecule has 2 rings (SSSR count). The van der Waals surface area contributed by atoms with Crippen LogP contribution < -0.4 is 10.5 Å². The maximum atomic E-state index is 13.7. The van der Waals surface area contributed by atoms with Gasteiger partial charge in [0.2, 0.25) is 10.0 Å². The monoisotopic (exact) mass is 290 g/mol. The molecule has 0 aliphatic carbocycles.